The van der Waals surface area contributed by atoms with Crippen molar-refractivity contribution in [3.63, 3.8) is 0 Å². The molecule has 1 aliphatic rings. The standard InChI is InChI=1S/C20H35N9.HI/c1-6-21-20(22-12-19(26(2)3)16-10-23-27(4)13-16)25-17-8-7-9-29(14-17)18-11-24-28(5)15-18;/h10-11,13,15,17,19H,6-9,12,14H2,1-5H3,(H2,21,22,25);1H. The van der Waals surface area contributed by atoms with Crippen LogP contribution in [-0.2, 0) is 14.1 Å². The monoisotopic (exact) mass is 529 g/mol. The second kappa shape index (κ2) is 11.5. The average Bonchev–Trinajstić information content (AvgIpc) is 3.30. The maximum absolute atomic E-state index is 4.90. The van der Waals surface area contributed by atoms with Crippen molar-refractivity contribution in [2.45, 2.75) is 31.8 Å². The SMILES string of the molecule is CCNC(=NCC(c1cnn(C)c1)N(C)C)NC1CCCN(c2cnn(C)c2)C1.I. The highest BCUT2D eigenvalue weighted by Gasteiger charge is 2.22. The summed E-state index contributed by atoms with van der Waals surface area (Å²) in [5.74, 6) is 0.876. The quantitative estimate of drug-likeness (QED) is 0.323. The normalized spacial score (nSPS) is 18.3. The number of piperidine rings is 1. The third kappa shape index (κ3) is 6.59. The van der Waals surface area contributed by atoms with E-state index in [1.54, 1.807) is 0 Å². The Morgan fingerprint density at radius 1 is 1.23 bits per heavy atom. The van der Waals surface area contributed by atoms with Crippen LogP contribution in [0.2, 0.25) is 0 Å². The number of aliphatic imine (C=N–C) groups is 1. The molecule has 2 atom stereocenters. The van der Waals surface area contributed by atoms with Crippen molar-refractivity contribution in [2.24, 2.45) is 19.1 Å². The largest absolute Gasteiger partial charge is 0.367 e. The predicted molar refractivity (Wildman–Crippen MR) is 133 cm³/mol. The zero-order valence-corrected chi connectivity index (χ0v) is 21.1. The molecule has 0 amide bonds. The smallest absolute Gasteiger partial charge is 0.191 e. The summed E-state index contributed by atoms with van der Waals surface area (Å²) in [7, 11) is 8.08. The number of rotatable bonds is 7. The predicted octanol–water partition coefficient (Wildman–Crippen LogP) is 1.60. The van der Waals surface area contributed by atoms with Crippen molar-refractivity contribution < 1.29 is 0 Å². The number of hydrogen-bond acceptors (Lipinski definition) is 5. The van der Waals surface area contributed by atoms with Crippen LogP contribution in [0.4, 0.5) is 5.69 Å². The number of aryl methyl sites for hydroxylation is 2. The van der Waals surface area contributed by atoms with E-state index < -0.39 is 0 Å². The van der Waals surface area contributed by atoms with E-state index in [9.17, 15) is 0 Å². The Labute approximate surface area is 196 Å². The number of nitrogens with one attached hydrogen (secondary N) is 2. The third-order valence-electron chi connectivity index (χ3n) is 5.32. The van der Waals surface area contributed by atoms with E-state index in [-0.39, 0.29) is 30.0 Å². The molecule has 168 valence electrons. The number of nitrogens with zero attached hydrogens (tertiary/aromatic N) is 7. The lowest BCUT2D eigenvalue weighted by Crippen LogP contribution is -2.51. The molecule has 10 heteroatoms. The van der Waals surface area contributed by atoms with Gasteiger partial charge in [-0.1, -0.05) is 0 Å². The summed E-state index contributed by atoms with van der Waals surface area (Å²) in [5.41, 5.74) is 2.36. The molecule has 0 spiro atoms. The van der Waals surface area contributed by atoms with Crippen LogP contribution >= 0.6 is 24.0 Å². The fraction of sp³-hybridized carbons (Fsp3) is 0.650. The minimum atomic E-state index is 0. The van der Waals surface area contributed by atoms with Gasteiger partial charge in [0.05, 0.1) is 30.7 Å². The van der Waals surface area contributed by atoms with Gasteiger partial charge in [-0.05, 0) is 33.9 Å². The maximum atomic E-state index is 4.90. The Balaban J connectivity index is 0.00000320. The van der Waals surface area contributed by atoms with Crippen molar-refractivity contribution >= 4 is 35.6 Å². The van der Waals surface area contributed by atoms with Gasteiger partial charge < -0.3 is 20.4 Å². The molecule has 30 heavy (non-hydrogen) atoms. The Hall–Kier alpha value is -1.82. The third-order valence-corrected chi connectivity index (χ3v) is 5.32. The van der Waals surface area contributed by atoms with Crippen molar-refractivity contribution in [3.8, 4) is 0 Å². The van der Waals surface area contributed by atoms with Gasteiger partial charge in [0.2, 0.25) is 0 Å². The van der Waals surface area contributed by atoms with Crippen molar-refractivity contribution in [2.75, 3.05) is 45.2 Å². The van der Waals surface area contributed by atoms with Crippen LogP contribution in [-0.4, -0.2) is 76.7 Å². The molecule has 2 aromatic heterocycles. The van der Waals surface area contributed by atoms with E-state index in [0.29, 0.717) is 12.6 Å². The molecule has 3 rings (SSSR count). The fourth-order valence-electron chi connectivity index (χ4n) is 3.77. The molecule has 1 aliphatic heterocycles. The molecule has 0 radical (unpaired) electrons. The van der Waals surface area contributed by atoms with Crippen LogP contribution in [0.3, 0.4) is 0 Å². The number of halogens is 1. The second-order valence-electron chi connectivity index (χ2n) is 7.95. The van der Waals surface area contributed by atoms with E-state index in [2.05, 4.69) is 64.0 Å². The Morgan fingerprint density at radius 3 is 2.57 bits per heavy atom. The molecule has 0 aromatic carbocycles. The van der Waals surface area contributed by atoms with Gasteiger partial charge >= 0.3 is 0 Å². The van der Waals surface area contributed by atoms with Crippen molar-refractivity contribution in [3.05, 3.63) is 30.4 Å². The molecule has 3 heterocycles. The lowest BCUT2D eigenvalue weighted by molar-refractivity contribution is 0.306. The van der Waals surface area contributed by atoms with Gasteiger partial charge in [-0.2, -0.15) is 10.2 Å². The summed E-state index contributed by atoms with van der Waals surface area (Å²) < 4.78 is 3.70. The highest BCUT2D eigenvalue weighted by molar-refractivity contribution is 14.0. The van der Waals surface area contributed by atoms with E-state index in [4.69, 9.17) is 4.99 Å². The zero-order valence-electron chi connectivity index (χ0n) is 18.7. The number of guanidine groups is 1. The number of likely N-dealkylation sites (N-methyl/N-ethyl adjacent to an activating group) is 1. The molecule has 2 aromatic rings. The van der Waals surface area contributed by atoms with Gasteiger partial charge in [-0.15, -0.1) is 24.0 Å². The van der Waals surface area contributed by atoms with Crippen LogP contribution in [0.1, 0.15) is 31.4 Å². The van der Waals surface area contributed by atoms with Gasteiger partial charge in [0, 0.05) is 57.7 Å². The van der Waals surface area contributed by atoms with Crippen molar-refractivity contribution in [1.29, 1.82) is 0 Å². The van der Waals surface area contributed by atoms with Crippen LogP contribution < -0.4 is 15.5 Å². The van der Waals surface area contributed by atoms with Crippen LogP contribution in [0.5, 0.6) is 0 Å². The molecule has 0 saturated carbocycles. The molecule has 1 fully saturated rings. The lowest BCUT2D eigenvalue weighted by Gasteiger charge is -2.34. The van der Waals surface area contributed by atoms with Gasteiger partial charge in [0.1, 0.15) is 0 Å². The van der Waals surface area contributed by atoms with Gasteiger partial charge in [-0.3, -0.25) is 14.4 Å². The van der Waals surface area contributed by atoms with Crippen LogP contribution in [0.25, 0.3) is 0 Å². The van der Waals surface area contributed by atoms with E-state index in [1.165, 1.54) is 11.3 Å². The number of aromatic nitrogens is 4. The molecular weight excluding hydrogens is 493 g/mol. The molecule has 0 aliphatic carbocycles. The van der Waals surface area contributed by atoms with Crippen LogP contribution in [0.15, 0.2) is 29.8 Å². The Kier molecular flexibility index (Phi) is 9.40. The summed E-state index contributed by atoms with van der Waals surface area (Å²) in [4.78, 5) is 9.49. The summed E-state index contributed by atoms with van der Waals surface area (Å²) in [6, 6.07) is 0.551. The minimum Gasteiger partial charge on any atom is -0.367 e. The Morgan fingerprint density at radius 2 is 1.97 bits per heavy atom. The second-order valence-corrected chi connectivity index (χ2v) is 7.95. The number of hydrogen-bond donors (Lipinski definition) is 2. The Bertz CT molecular complexity index is 798. The van der Waals surface area contributed by atoms with E-state index >= 15 is 0 Å². The highest BCUT2D eigenvalue weighted by Crippen LogP contribution is 2.20. The molecule has 2 N–H and O–H groups in total. The van der Waals surface area contributed by atoms with Gasteiger partial charge in [0.15, 0.2) is 5.96 Å². The topological polar surface area (TPSA) is 78.5 Å². The summed E-state index contributed by atoms with van der Waals surface area (Å²) in [6.07, 6.45) is 10.3. The average molecular weight is 529 g/mol. The fourth-order valence-corrected chi connectivity index (χ4v) is 3.77. The highest BCUT2D eigenvalue weighted by atomic mass is 127. The first-order chi connectivity index (χ1) is 14.0. The van der Waals surface area contributed by atoms with E-state index in [0.717, 1.165) is 38.4 Å². The molecule has 0 bridgehead atoms. The lowest BCUT2D eigenvalue weighted by atomic mass is 10.1. The summed E-state index contributed by atoms with van der Waals surface area (Å²) in [5, 5.41) is 15.7. The van der Waals surface area contributed by atoms with Crippen molar-refractivity contribution in [1.82, 2.24) is 35.1 Å². The summed E-state index contributed by atoms with van der Waals surface area (Å²) >= 11 is 0. The number of anilines is 1. The summed E-state index contributed by atoms with van der Waals surface area (Å²) in [6.45, 7) is 5.64. The van der Waals surface area contributed by atoms with E-state index in [1.807, 2.05) is 35.9 Å². The molecule has 1 saturated heterocycles. The van der Waals surface area contributed by atoms with Gasteiger partial charge in [0.25, 0.3) is 0 Å². The first-order valence-electron chi connectivity index (χ1n) is 10.4. The van der Waals surface area contributed by atoms with Gasteiger partial charge in [-0.25, -0.2) is 0 Å². The first kappa shape index (κ1) is 24.4. The molecular formula is C20H36IN9. The molecule has 2 unspecified atom stereocenters. The first-order valence-corrected chi connectivity index (χ1v) is 10.4. The minimum absolute atomic E-state index is 0. The maximum Gasteiger partial charge on any atom is 0.191 e. The zero-order chi connectivity index (χ0) is 20.8. The van der Waals surface area contributed by atoms with Crippen LogP contribution in [0, 0.1) is 0 Å². The molecule has 9 nitrogen and oxygen atoms in total.